The number of amides is 5. The molecule has 1 heterocycles. The molecule has 0 aliphatic carbocycles. The third-order valence-electron chi connectivity index (χ3n) is 11.2. The largest absolute Gasteiger partial charge is 0.492 e. The van der Waals surface area contributed by atoms with Gasteiger partial charge >= 0.3 is 0 Å². The Morgan fingerprint density at radius 2 is 1.42 bits per heavy atom. The van der Waals surface area contributed by atoms with Gasteiger partial charge < -0.3 is 58.3 Å². The van der Waals surface area contributed by atoms with Crippen LogP contribution in [-0.4, -0.2) is 105 Å². The van der Waals surface area contributed by atoms with Crippen LogP contribution in [0.4, 0.5) is 0 Å². The number of rotatable bonds is 19. The third kappa shape index (κ3) is 13.4. The van der Waals surface area contributed by atoms with Crippen molar-refractivity contribution in [3.05, 3.63) is 107 Å². The minimum Gasteiger partial charge on any atom is -0.492 e. The number of nitrogens with one attached hydrogen (secondary N) is 5. The maximum atomic E-state index is 14.8. The van der Waals surface area contributed by atoms with Gasteiger partial charge in [-0.3, -0.25) is 24.0 Å². The van der Waals surface area contributed by atoms with Crippen LogP contribution < -0.4 is 47.9 Å². The van der Waals surface area contributed by atoms with E-state index in [0.29, 0.717) is 69.4 Å². The van der Waals surface area contributed by atoms with Gasteiger partial charge in [-0.2, -0.15) is 0 Å². The molecular formula is C49H62ClN9O7. The maximum absolute atomic E-state index is 14.8. The summed E-state index contributed by atoms with van der Waals surface area (Å²) < 4.78 is 12.3. The molecule has 4 unspecified atom stereocenters. The molecule has 4 aromatic rings. The van der Waals surface area contributed by atoms with Crippen LogP contribution in [0.1, 0.15) is 67.6 Å². The number of carbonyl (C=O) groups excluding carboxylic acids is 5. The summed E-state index contributed by atoms with van der Waals surface area (Å²) in [5.74, 6) is -2.25. The molecule has 1 aliphatic rings. The number of unbranched alkanes of at least 4 members (excludes halogenated alkanes) is 1. The lowest BCUT2D eigenvalue weighted by molar-refractivity contribution is -0.141. The van der Waals surface area contributed by atoms with Gasteiger partial charge in [0, 0.05) is 54.0 Å². The molecule has 5 rings (SSSR count). The number of halogens is 1. The highest BCUT2D eigenvalue weighted by Crippen LogP contribution is 2.40. The normalized spacial score (nSPS) is 16.5. The minimum absolute atomic E-state index is 0.0206. The molecule has 4 atom stereocenters. The number of benzene rings is 4. The zero-order valence-electron chi connectivity index (χ0n) is 38.0. The Hall–Kier alpha value is -6.33. The quantitative estimate of drug-likeness (QED) is 0.0493. The second-order valence-corrected chi connectivity index (χ2v) is 16.9. The summed E-state index contributed by atoms with van der Waals surface area (Å²) in [6.07, 6.45) is 1.33. The summed E-state index contributed by atoms with van der Waals surface area (Å²) in [7, 11) is 1.47. The van der Waals surface area contributed by atoms with Gasteiger partial charge in [0.1, 0.15) is 48.9 Å². The van der Waals surface area contributed by atoms with Crippen LogP contribution in [-0.2, 0) is 25.6 Å². The van der Waals surface area contributed by atoms with E-state index in [-0.39, 0.29) is 51.6 Å². The van der Waals surface area contributed by atoms with Gasteiger partial charge in [-0.05, 0) is 109 Å². The minimum atomic E-state index is -1.36. The molecule has 4 aromatic carbocycles. The molecule has 66 heavy (non-hydrogen) atoms. The number of hydrogen-bond donors (Lipinski definition) is 8. The highest BCUT2D eigenvalue weighted by molar-refractivity contribution is 6.30. The Labute approximate surface area is 391 Å². The first-order chi connectivity index (χ1) is 31.6. The molecule has 11 N–H and O–H groups in total. The number of hydrogen-bond acceptors (Lipinski definition) is 11. The Bertz CT molecular complexity index is 2340. The molecular weight excluding hydrogens is 862 g/mol. The fourth-order valence-corrected chi connectivity index (χ4v) is 7.54. The molecule has 5 amide bonds. The van der Waals surface area contributed by atoms with Gasteiger partial charge in [0.05, 0.1) is 6.54 Å². The van der Waals surface area contributed by atoms with Crippen molar-refractivity contribution in [1.29, 1.82) is 5.41 Å². The highest BCUT2D eigenvalue weighted by atomic mass is 35.5. The van der Waals surface area contributed by atoms with Gasteiger partial charge in [0.25, 0.3) is 5.91 Å². The van der Waals surface area contributed by atoms with Crippen molar-refractivity contribution >= 4 is 46.8 Å². The van der Waals surface area contributed by atoms with Crippen LogP contribution in [0.25, 0.3) is 22.3 Å². The Morgan fingerprint density at radius 1 is 0.818 bits per heavy atom. The zero-order valence-corrected chi connectivity index (χ0v) is 38.7. The molecule has 352 valence electrons. The SMILES string of the molecule is CC(C)C(=N)CNC(=O)C1Cc2ccc(OCCN)c(c2)-c2cc(ccc2OCCN)C(N(C)C(=O)C(CCCCN)NC(=O)c2ccc(-c3ccc(Cl)cc3)cc2)C(=O)NC(C)C(=O)N1. The van der Waals surface area contributed by atoms with E-state index in [1.807, 2.05) is 32.0 Å². The van der Waals surface area contributed by atoms with Gasteiger partial charge in [-0.25, -0.2) is 0 Å². The molecule has 0 spiro atoms. The molecule has 1 aliphatic heterocycles. The van der Waals surface area contributed by atoms with Gasteiger partial charge in [-0.15, -0.1) is 0 Å². The number of carbonyl (C=O) groups is 5. The molecule has 16 nitrogen and oxygen atoms in total. The number of nitrogens with zero attached hydrogens (tertiary/aromatic N) is 1. The summed E-state index contributed by atoms with van der Waals surface area (Å²) in [5.41, 5.74) is 22.0. The first-order valence-electron chi connectivity index (χ1n) is 22.2. The third-order valence-corrected chi connectivity index (χ3v) is 11.5. The fourth-order valence-electron chi connectivity index (χ4n) is 7.41. The van der Waals surface area contributed by atoms with E-state index in [2.05, 4.69) is 21.3 Å². The van der Waals surface area contributed by atoms with Crippen LogP contribution in [0, 0.1) is 11.3 Å². The second kappa shape index (κ2) is 24.3. The molecule has 0 saturated carbocycles. The van der Waals surface area contributed by atoms with E-state index in [9.17, 15) is 24.0 Å². The number of fused-ring (bicyclic) bond motifs is 5. The predicted molar refractivity (Wildman–Crippen MR) is 256 cm³/mol. The van der Waals surface area contributed by atoms with Gasteiger partial charge in [0.2, 0.25) is 23.6 Å². The lowest BCUT2D eigenvalue weighted by atomic mass is 9.93. The smallest absolute Gasteiger partial charge is 0.251 e. The summed E-state index contributed by atoms with van der Waals surface area (Å²) in [5, 5.41) is 20.1. The van der Waals surface area contributed by atoms with Gasteiger partial charge in [-0.1, -0.05) is 61.8 Å². The average Bonchev–Trinajstić information content (AvgIpc) is 3.31. The zero-order chi connectivity index (χ0) is 47.9. The van der Waals surface area contributed by atoms with E-state index < -0.39 is 53.7 Å². The Kier molecular flexibility index (Phi) is 18.6. The van der Waals surface area contributed by atoms with Crippen molar-refractivity contribution in [2.75, 3.05) is 46.4 Å². The molecule has 0 radical (unpaired) electrons. The van der Waals surface area contributed by atoms with Crippen molar-refractivity contribution in [2.24, 2.45) is 23.1 Å². The Balaban J connectivity index is 1.58. The van der Waals surface area contributed by atoms with Crippen molar-refractivity contribution in [1.82, 2.24) is 26.2 Å². The van der Waals surface area contributed by atoms with Crippen LogP contribution in [0.2, 0.25) is 5.02 Å². The number of likely N-dealkylation sites (N-methyl/N-ethyl adjacent to an activating group) is 1. The van der Waals surface area contributed by atoms with Crippen LogP contribution >= 0.6 is 11.6 Å². The number of nitrogens with two attached hydrogens (primary N) is 3. The number of ether oxygens (including phenoxy) is 2. The van der Waals surface area contributed by atoms with Crippen LogP contribution in [0.3, 0.4) is 0 Å². The highest BCUT2D eigenvalue weighted by Gasteiger charge is 2.36. The molecule has 0 aromatic heterocycles. The van der Waals surface area contributed by atoms with Crippen LogP contribution in [0.15, 0.2) is 84.9 Å². The summed E-state index contributed by atoms with van der Waals surface area (Å²) >= 11 is 6.08. The van der Waals surface area contributed by atoms with E-state index >= 15 is 0 Å². The summed E-state index contributed by atoms with van der Waals surface area (Å²) in [6, 6.07) is 19.9. The Morgan fingerprint density at radius 3 is 2.03 bits per heavy atom. The maximum Gasteiger partial charge on any atom is 0.251 e. The van der Waals surface area contributed by atoms with Crippen molar-refractivity contribution < 1.29 is 33.4 Å². The monoisotopic (exact) mass is 923 g/mol. The van der Waals surface area contributed by atoms with E-state index in [4.69, 9.17) is 43.7 Å². The van der Waals surface area contributed by atoms with Crippen molar-refractivity contribution in [3.8, 4) is 33.8 Å². The van der Waals surface area contributed by atoms with E-state index in [1.54, 1.807) is 66.7 Å². The standard InChI is InChI=1S/C49H62ClN9O7/c1-29(2)39(54)28-55-47(62)41-26-31-8-18-42(65-23-21-52)37(25-31)38-27-35(15-19-43(38)66-24-22-53)44(48(63)56-30(3)45(60)58-41)59(4)49(64)40(7-5-6-20-51)57-46(61)34-11-9-32(10-12-34)33-13-16-36(50)17-14-33/h8-19,25,27,29-30,40-41,44,54H,5-7,20-24,26,28,51-53H2,1-4H3,(H,55,62)(H,56,63)(H,57,61)(H,58,60). The lowest BCUT2D eigenvalue weighted by Gasteiger charge is -2.33. The van der Waals surface area contributed by atoms with E-state index in [0.717, 1.165) is 11.1 Å². The summed E-state index contributed by atoms with van der Waals surface area (Å²) in [6.45, 7) is 6.24. The van der Waals surface area contributed by atoms with E-state index in [1.165, 1.54) is 18.9 Å². The first-order valence-corrected chi connectivity index (χ1v) is 22.6. The topological polar surface area (TPSA) is 257 Å². The molecule has 4 bridgehead atoms. The lowest BCUT2D eigenvalue weighted by Crippen LogP contribution is -2.56. The summed E-state index contributed by atoms with van der Waals surface area (Å²) in [4.78, 5) is 72.3. The van der Waals surface area contributed by atoms with Crippen molar-refractivity contribution in [3.63, 3.8) is 0 Å². The first kappa shape index (κ1) is 50.7. The molecule has 0 fully saturated rings. The predicted octanol–water partition coefficient (Wildman–Crippen LogP) is 4.11. The van der Waals surface area contributed by atoms with Crippen molar-refractivity contribution in [2.45, 2.75) is 70.6 Å². The molecule has 0 saturated heterocycles. The van der Waals surface area contributed by atoms with Crippen LogP contribution in [0.5, 0.6) is 11.5 Å². The second-order valence-electron chi connectivity index (χ2n) is 16.5. The van der Waals surface area contributed by atoms with Gasteiger partial charge in [0.15, 0.2) is 0 Å². The average molecular weight is 925 g/mol. The molecule has 17 heteroatoms. The fraction of sp³-hybridized carbons (Fsp3) is 0.388.